The number of hydrogen-bond acceptors (Lipinski definition) is 5. The molecule has 0 unspecified atom stereocenters. The Morgan fingerprint density at radius 3 is 2.25 bits per heavy atom. The van der Waals surface area contributed by atoms with Gasteiger partial charge in [-0.2, -0.15) is 0 Å². The van der Waals surface area contributed by atoms with Gasteiger partial charge in [-0.1, -0.05) is 12.1 Å². The summed E-state index contributed by atoms with van der Waals surface area (Å²) < 4.78 is 16.3. The van der Waals surface area contributed by atoms with Gasteiger partial charge in [-0.25, -0.2) is 4.98 Å². The number of nitrogens with zero attached hydrogens (tertiary/aromatic N) is 1. The molecule has 106 valence electrons. The number of hydrogen-bond donors (Lipinski definition) is 1. The number of pyridine rings is 1. The van der Waals surface area contributed by atoms with Crippen LogP contribution in [0.15, 0.2) is 36.4 Å². The quantitative estimate of drug-likeness (QED) is 0.819. The Morgan fingerprint density at radius 1 is 0.950 bits per heavy atom. The molecule has 2 N–H and O–H groups in total. The van der Waals surface area contributed by atoms with Gasteiger partial charge in [-0.3, -0.25) is 0 Å². The van der Waals surface area contributed by atoms with Crippen molar-refractivity contribution in [3.8, 4) is 17.2 Å². The van der Waals surface area contributed by atoms with E-state index in [4.69, 9.17) is 19.9 Å². The van der Waals surface area contributed by atoms with Crippen LogP contribution >= 0.6 is 0 Å². The standard InChI is InChI=1S/C15H18N2O3/c1-11-7-8-14(15(16)17-11)20-10-9-19-13-6-4-3-5-12(13)18-2/h3-8H,9-10H2,1-2H3,(H2,16,17). The third-order valence-electron chi connectivity index (χ3n) is 2.69. The smallest absolute Gasteiger partial charge is 0.166 e. The number of nitrogens with two attached hydrogens (primary N) is 1. The SMILES string of the molecule is COc1ccccc1OCCOc1ccc(C)nc1N. The molecule has 0 radical (unpaired) electrons. The molecular formula is C15H18N2O3. The van der Waals surface area contributed by atoms with Crippen LogP contribution in [0.5, 0.6) is 17.2 Å². The summed E-state index contributed by atoms with van der Waals surface area (Å²) in [7, 11) is 1.61. The van der Waals surface area contributed by atoms with E-state index in [9.17, 15) is 0 Å². The summed E-state index contributed by atoms with van der Waals surface area (Å²) >= 11 is 0. The van der Waals surface area contributed by atoms with Crippen molar-refractivity contribution in [1.29, 1.82) is 0 Å². The van der Waals surface area contributed by atoms with Crippen molar-refractivity contribution in [3.63, 3.8) is 0 Å². The first-order valence-electron chi connectivity index (χ1n) is 6.32. The predicted molar refractivity (Wildman–Crippen MR) is 77.4 cm³/mol. The van der Waals surface area contributed by atoms with E-state index < -0.39 is 0 Å². The molecule has 5 heteroatoms. The number of ether oxygens (including phenoxy) is 3. The molecule has 2 aromatic rings. The number of benzene rings is 1. The molecule has 0 saturated carbocycles. The molecule has 0 spiro atoms. The van der Waals surface area contributed by atoms with Gasteiger partial charge in [0.05, 0.1) is 7.11 Å². The Morgan fingerprint density at radius 2 is 1.60 bits per heavy atom. The van der Waals surface area contributed by atoms with E-state index in [2.05, 4.69) is 4.98 Å². The van der Waals surface area contributed by atoms with Gasteiger partial charge in [-0.15, -0.1) is 0 Å². The minimum Gasteiger partial charge on any atom is -0.493 e. The summed E-state index contributed by atoms with van der Waals surface area (Å²) in [6, 6.07) is 11.1. The molecule has 5 nitrogen and oxygen atoms in total. The Hall–Kier alpha value is -2.43. The zero-order chi connectivity index (χ0) is 14.4. The fraction of sp³-hybridized carbons (Fsp3) is 0.267. The molecule has 0 atom stereocenters. The maximum atomic E-state index is 5.76. The van der Waals surface area contributed by atoms with Gasteiger partial charge in [-0.05, 0) is 31.2 Å². The van der Waals surface area contributed by atoms with Gasteiger partial charge in [0.25, 0.3) is 0 Å². The molecular weight excluding hydrogens is 256 g/mol. The highest BCUT2D eigenvalue weighted by atomic mass is 16.5. The zero-order valence-electron chi connectivity index (χ0n) is 11.6. The Labute approximate surface area is 118 Å². The van der Waals surface area contributed by atoms with Gasteiger partial charge in [0.15, 0.2) is 23.1 Å². The Kier molecular flexibility index (Phi) is 4.65. The fourth-order valence-corrected chi connectivity index (χ4v) is 1.73. The van der Waals surface area contributed by atoms with Gasteiger partial charge in [0.2, 0.25) is 0 Å². The van der Waals surface area contributed by atoms with Crippen molar-refractivity contribution in [2.75, 3.05) is 26.1 Å². The number of rotatable bonds is 6. The van der Waals surface area contributed by atoms with Gasteiger partial charge in [0.1, 0.15) is 13.2 Å². The van der Waals surface area contributed by atoms with Crippen LogP contribution in [0.2, 0.25) is 0 Å². The highest BCUT2D eigenvalue weighted by Crippen LogP contribution is 2.25. The topological polar surface area (TPSA) is 66.6 Å². The summed E-state index contributed by atoms with van der Waals surface area (Å²) in [4.78, 5) is 4.13. The number of para-hydroxylation sites is 2. The summed E-state index contributed by atoms with van der Waals surface area (Å²) in [5, 5.41) is 0. The van der Waals surface area contributed by atoms with Crippen LogP contribution in [0.3, 0.4) is 0 Å². The van der Waals surface area contributed by atoms with E-state index in [1.807, 2.05) is 37.3 Å². The third-order valence-corrected chi connectivity index (χ3v) is 2.69. The van der Waals surface area contributed by atoms with Gasteiger partial charge >= 0.3 is 0 Å². The molecule has 0 aliphatic heterocycles. The number of aromatic nitrogens is 1. The molecule has 20 heavy (non-hydrogen) atoms. The van der Waals surface area contributed by atoms with E-state index >= 15 is 0 Å². The second kappa shape index (κ2) is 6.65. The Bertz CT molecular complexity index is 573. The fourth-order valence-electron chi connectivity index (χ4n) is 1.73. The lowest BCUT2D eigenvalue weighted by molar-refractivity contribution is 0.211. The number of anilines is 1. The van der Waals surface area contributed by atoms with Crippen LogP contribution in [-0.2, 0) is 0 Å². The van der Waals surface area contributed by atoms with Crippen LogP contribution in [-0.4, -0.2) is 25.3 Å². The zero-order valence-corrected chi connectivity index (χ0v) is 11.6. The van der Waals surface area contributed by atoms with Crippen LogP contribution in [0, 0.1) is 6.92 Å². The second-order valence-electron chi connectivity index (χ2n) is 4.18. The average Bonchev–Trinajstić information content (AvgIpc) is 2.46. The van der Waals surface area contributed by atoms with Crippen molar-refractivity contribution >= 4 is 5.82 Å². The molecule has 0 aliphatic rings. The summed E-state index contributed by atoms with van der Waals surface area (Å²) in [5.74, 6) is 2.35. The van der Waals surface area contributed by atoms with E-state index in [1.54, 1.807) is 13.2 Å². The van der Waals surface area contributed by atoms with Crippen molar-refractivity contribution in [1.82, 2.24) is 4.98 Å². The average molecular weight is 274 g/mol. The highest BCUT2D eigenvalue weighted by Gasteiger charge is 2.04. The van der Waals surface area contributed by atoms with Crippen molar-refractivity contribution in [2.24, 2.45) is 0 Å². The molecule has 0 bridgehead atoms. The van der Waals surface area contributed by atoms with E-state index in [0.717, 1.165) is 5.69 Å². The lowest BCUT2D eigenvalue weighted by atomic mass is 10.3. The summed E-state index contributed by atoms with van der Waals surface area (Å²) in [6.45, 7) is 2.66. The molecule has 0 saturated heterocycles. The summed E-state index contributed by atoms with van der Waals surface area (Å²) in [6.07, 6.45) is 0. The number of methoxy groups -OCH3 is 1. The first-order chi connectivity index (χ1) is 9.70. The first kappa shape index (κ1) is 14.0. The molecule has 1 aromatic heterocycles. The highest BCUT2D eigenvalue weighted by molar-refractivity contribution is 5.46. The van der Waals surface area contributed by atoms with Crippen molar-refractivity contribution in [2.45, 2.75) is 6.92 Å². The monoisotopic (exact) mass is 274 g/mol. The Balaban J connectivity index is 1.84. The van der Waals surface area contributed by atoms with Crippen LogP contribution in [0.25, 0.3) is 0 Å². The lowest BCUT2D eigenvalue weighted by Gasteiger charge is -2.11. The normalized spacial score (nSPS) is 10.1. The largest absolute Gasteiger partial charge is 0.493 e. The van der Waals surface area contributed by atoms with E-state index in [0.29, 0.717) is 36.3 Å². The van der Waals surface area contributed by atoms with E-state index in [-0.39, 0.29) is 0 Å². The van der Waals surface area contributed by atoms with Crippen LogP contribution < -0.4 is 19.9 Å². The number of nitrogen functional groups attached to an aromatic ring is 1. The molecule has 0 amide bonds. The number of aryl methyl sites for hydroxylation is 1. The molecule has 1 heterocycles. The molecule has 0 aliphatic carbocycles. The van der Waals surface area contributed by atoms with Crippen LogP contribution in [0.1, 0.15) is 5.69 Å². The first-order valence-corrected chi connectivity index (χ1v) is 6.32. The van der Waals surface area contributed by atoms with Gasteiger partial charge < -0.3 is 19.9 Å². The van der Waals surface area contributed by atoms with Crippen molar-refractivity contribution < 1.29 is 14.2 Å². The van der Waals surface area contributed by atoms with Crippen molar-refractivity contribution in [3.05, 3.63) is 42.1 Å². The molecule has 1 aromatic carbocycles. The predicted octanol–water partition coefficient (Wildman–Crippen LogP) is 2.44. The minimum atomic E-state index is 0.382. The minimum absolute atomic E-state index is 0.382. The third kappa shape index (κ3) is 3.54. The maximum absolute atomic E-state index is 5.76. The van der Waals surface area contributed by atoms with Crippen LogP contribution in [0.4, 0.5) is 5.82 Å². The van der Waals surface area contributed by atoms with Gasteiger partial charge in [0, 0.05) is 5.69 Å². The van der Waals surface area contributed by atoms with E-state index in [1.165, 1.54) is 0 Å². The molecule has 2 rings (SSSR count). The maximum Gasteiger partial charge on any atom is 0.166 e. The lowest BCUT2D eigenvalue weighted by Crippen LogP contribution is -2.11. The summed E-state index contributed by atoms with van der Waals surface area (Å²) in [5.41, 5.74) is 6.62. The molecule has 0 fully saturated rings. The second-order valence-corrected chi connectivity index (χ2v) is 4.18.